The van der Waals surface area contributed by atoms with E-state index in [1.54, 1.807) is 25.1 Å². The summed E-state index contributed by atoms with van der Waals surface area (Å²) in [6, 6.07) is 15.2. The largest absolute Gasteiger partial charge is 0.481 e. The number of hydrogen-bond acceptors (Lipinski definition) is 3. The Morgan fingerprint density at radius 2 is 1.79 bits per heavy atom. The van der Waals surface area contributed by atoms with Gasteiger partial charge in [0.2, 0.25) is 5.91 Å². The summed E-state index contributed by atoms with van der Waals surface area (Å²) in [7, 11) is 0. The lowest BCUT2D eigenvalue weighted by Gasteiger charge is -2.42. The molecule has 5 nitrogen and oxygen atoms in total. The highest BCUT2D eigenvalue weighted by Crippen LogP contribution is 2.56. The summed E-state index contributed by atoms with van der Waals surface area (Å²) in [5.74, 6) is -0.926. The molecule has 1 aliphatic carbocycles. The molecule has 0 unspecified atom stereocenters. The molecule has 33 heavy (non-hydrogen) atoms. The van der Waals surface area contributed by atoms with E-state index in [0.29, 0.717) is 22.0 Å². The zero-order valence-electron chi connectivity index (χ0n) is 18.6. The van der Waals surface area contributed by atoms with E-state index in [1.165, 1.54) is 0 Å². The van der Waals surface area contributed by atoms with Crippen molar-refractivity contribution < 1.29 is 14.7 Å². The van der Waals surface area contributed by atoms with Crippen LogP contribution in [0.5, 0.6) is 0 Å². The number of carboxylic acids is 1. The van der Waals surface area contributed by atoms with Crippen LogP contribution in [-0.4, -0.2) is 41.5 Å². The monoisotopic (exact) mass is 486 g/mol. The van der Waals surface area contributed by atoms with E-state index in [-0.39, 0.29) is 17.4 Å². The van der Waals surface area contributed by atoms with Gasteiger partial charge in [-0.25, -0.2) is 0 Å². The number of carboxylic acid groups (broad SMARTS) is 1. The highest BCUT2D eigenvalue weighted by Gasteiger charge is 2.60. The van der Waals surface area contributed by atoms with Gasteiger partial charge in [-0.05, 0) is 48.4 Å². The van der Waals surface area contributed by atoms with Crippen molar-refractivity contribution in [3.63, 3.8) is 0 Å². The van der Waals surface area contributed by atoms with Crippen LogP contribution in [0, 0.1) is 5.92 Å². The SMILES string of the molecule is CC(=O)NC1(c2ccccc2)CCN(CC=C[C@@H]2C[C@@]2(C(=O)O)c2ccc(Cl)c(Cl)c2)CC1. The topological polar surface area (TPSA) is 69.6 Å². The van der Waals surface area contributed by atoms with E-state index >= 15 is 0 Å². The Hall–Kier alpha value is -2.34. The molecule has 2 atom stereocenters. The van der Waals surface area contributed by atoms with Crippen molar-refractivity contribution in [2.45, 2.75) is 37.1 Å². The number of hydrogen-bond donors (Lipinski definition) is 2. The number of halogens is 2. The van der Waals surface area contributed by atoms with Crippen molar-refractivity contribution in [2.75, 3.05) is 19.6 Å². The fraction of sp³-hybridized carbons (Fsp3) is 0.385. The van der Waals surface area contributed by atoms with Gasteiger partial charge in [-0.15, -0.1) is 0 Å². The summed E-state index contributed by atoms with van der Waals surface area (Å²) in [5.41, 5.74) is 0.567. The molecule has 1 aliphatic heterocycles. The first-order chi connectivity index (χ1) is 15.8. The molecule has 174 valence electrons. The summed E-state index contributed by atoms with van der Waals surface area (Å²) in [6.45, 7) is 4.01. The van der Waals surface area contributed by atoms with Gasteiger partial charge in [-0.2, -0.15) is 0 Å². The molecular formula is C26H28Cl2N2O3. The smallest absolute Gasteiger partial charge is 0.314 e. The van der Waals surface area contributed by atoms with E-state index in [4.69, 9.17) is 23.2 Å². The fourth-order valence-electron chi connectivity index (χ4n) is 5.07. The molecule has 2 N–H and O–H groups in total. The Labute approximate surface area is 204 Å². The van der Waals surface area contributed by atoms with Crippen LogP contribution >= 0.6 is 23.2 Å². The number of allylic oxidation sites excluding steroid dienone is 1. The normalized spacial score (nSPS) is 24.5. The van der Waals surface area contributed by atoms with E-state index in [1.807, 2.05) is 24.3 Å². The highest BCUT2D eigenvalue weighted by atomic mass is 35.5. The van der Waals surface area contributed by atoms with Crippen molar-refractivity contribution >= 4 is 35.1 Å². The van der Waals surface area contributed by atoms with Gasteiger partial charge in [-0.3, -0.25) is 14.5 Å². The van der Waals surface area contributed by atoms with E-state index in [2.05, 4.69) is 28.4 Å². The van der Waals surface area contributed by atoms with Gasteiger partial charge < -0.3 is 10.4 Å². The summed E-state index contributed by atoms with van der Waals surface area (Å²) in [5, 5.41) is 13.9. The van der Waals surface area contributed by atoms with Gasteiger partial charge >= 0.3 is 5.97 Å². The number of rotatable bonds is 7. The first-order valence-electron chi connectivity index (χ1n) is 11.2. The third kappa shape index (κ3) is 4.81. The maximum absolute atomic E-state index is 12.1. The van der Waals surface area contributed by atoms with Crippen LogP contribution < -0.4 is 5.32 Å². The highest BCUT2D eigenvalue weighted by molar-refractivity contribution is 6.42. The maximum Gasteiger partial charge on any atom is 0.314 e. The maximum atomic E-state index is 12.1. The first kappa shape index (κ1) is 23.8. The van der Waals surface area contributed by atoms with Crippen molar-refractivity contribution in [3.8, 4) is 0 Å². The second-order valence-corrected chi connectivity index (χ2v) is 9.89. The molecule has 7 heteroatoms. The molecule has 2 fully saturated rings. The average molecular weight is 487 g/mol. The van der Waals surface area contributed by atoms with Gasteiger partial charge in [0.25, 0.3) is 0 Å². The van der Waals surface area contributed by atoms with E-state index < -0.39 is 11.4 Å². The number of amides is 1. The number of likely N-dealkylation sites (tertiary alicyclic amines) is 1. The molecule has 0 aromatic heterocycles. The summed E-state index contributed by atoms with van der Waals surface area (Å²) in [4.78, 5) is 26.3. The Bertz CT molecular complexity index is 1060. The molecule has 0 radical (unpaired) electrons. The van der Waals surface area contributed by atoms with Crippen molar-refractivity contribution in [2.24, 2.45) is 5.92 Å². The predicted molar refractivity (Wildman–Crippen MR) is 131 cm³/mol. The average Bonchev–Trinajstić information content (AvgIpc) is 3.53. The molecule has 1 heterocycles. The van der Waals surface area contributed by atoms with Crippen LogP contribution in [0.2, 0.25) is 10.0 Å². The van der Waals surface area contributed by atoms with Crippen molar-refractivity contribution in [3.05, 3.63) is 81.9 Å². The lowest BCUT2D eigenvalue weighted by atomic mass is 9.80. The molecule has 2 aromatic carbocycles. The number of carbonyl (C=O) groups is 2. The quantitative estimate of drug-likeness (QED) is 0.539. The first-order valence-corrected chi connectivity index (χ1v) is 11.9. The van der Waals surface area contributed by atoms with Crippen LogP contribution in [0.15, 0.2) is 60.7 Å². The van der Waals surface area contributed by atoms with Gasteiger partial charge in [0.15, 0.2) is 0 Å². The molecule has 1 saturated heterocycles. The number of aliphatic carboxylic acids is 1. The number of nitrogens with zero attached hydrogens (tertiary/aromatic N) is 1. The number of nitrogens with one attached hydrogen (secondary N) is 1. The van der Waals surface area contributed by atoms with E-state index in [9.17, 15) is 14.7 Å². The lowest BCUT2D eigenvalue weighted by Crippen LogP contribution is -2.52. The van der Waals surface area contributed by atoms with Crippen LogP contribution in [0.1, 0.15) is 37.3 Å². The second kappa shape index (κ2) is 9.49. The molecular weight excluding hydrogens is 459 g/mol. The summed E-state index contributed by atoms with van der Waals surface area (Å²) in [6.07, 6.45) is 6.30. The Morgan fingerprint density at radius 3 is 2.39 bits per heavy atom. The zero-order valence-corrected chi connectivity index (χ0v) is 20.1. The van der Waals surface area contributed by atoms with Gasteiger partial charge in [0, 0.05) is 26.6 Å². The molecule has 1 saturated carbocycles. The fourth-order valence-corrected chi connectivity index (χ4v) is 5.36. The summed E-state index contributed by atoms with van der Waals surface area (Å²) >= 11 is 12.1. The Morgan fingerprint density at radius 1 is 1.09 bits per heavy atom. The molecule has 1 amide bonds. The number of piperidine rings is 1. The van der Waals surface area contributed by atoms with Gasteiger partial charge in [-0.1, -0.05) is 71.8 Å². The number of benzene rings is 2. The van der Waals surface area contributed by atoms with E-state index in [0.717, 1.165) is 38.0 Å². The second-order valence-electron chi connectivity index (χ2n) is 9.07. The predicted octanol–water partition coefficient (Wildman–Crippen LogP) is 5.02. The molecule has 2 aromatic rings. The number of carbonyl (C=O) groups excluding carboxylic acids is 1. The Balaban J connectivity index is 1.38. The third-order valence-corrected chi connectivity index (χ3v) is 7.75. The van der Waals surface area contributed by atoms with Gasteiger partial charge in [0.05, 0.1) is 21.0 Å². The standard InChI is InChI=1S/C26H28Cl2N2O3/c1-18(31)29-25(19-6-3-2-4-7-19)11-14-30(15-12-25)13-5-8-21-17-26(21,24(32)33)20-9-10-22(27)23(28)16-20/h2-10,16,21H,11-15,17H2,1H3,(H,29,31)(H,32,33)/t21-,26-/m1/s1. The third-order valence-electron chi connectivity index (χ3n) is 7.01. The molecule has 0 bridgehead atoms. The van der Waals surface area contributed by atoms with Crippen LogP contribution in [-0.2, 0) is 20.5 Å². The van der Waals surface area contributed by atoms with Crippen molar-refractivity contribution in [1.29, 1.82) is 0 Å². The van der Waals surface area contributed by atoms with Crippen molar-refractivity contribution in [1.82, 2.24) is 10.2 Å². The van der Waals surface area contributed by atoms with Crippen LogP contribution in [0.4, 0.5) is 0 Å². The molecule has 0 spiro atoms. The molecule has 4 rings (SSSR count). The minimum absolute atomic E-state index is 0.0201. The minimum Gasteiger partial charge on any atom is -0.481 e. The zero-order chi connectivity index (χ0) is 23.6. The lowest BCUT2D eigenvalue weighted by molar-refractivity contribution is -0.140. The Kier molecular flexibility index (Phi) is 6.85. The van der Waals surface area contributed by atoms with Crippen LogP contribution in [0.3, 0.4) is 0 Å². The van der Waals surface area contributed by atoms with Crippen LogP contribution in [0.25, 0.3) is 0 Å². The summed E-state index contributed by atoms with van der Waals surface area (Å²) < 4.78 is 0. The minimum atomic E-state index is -0.930. The van der Waals surface area contributed by atoms with Gasteiger partial charge in [0.1, 0.15) is 0 Å². The molecule has 2 aliphatic rings.